The van der Waals surface area contributed by atoms with E-state index in [1.54, 1.807) is 0 Å². The molecule has 1 unspecified atom stereocenters. The van der Waals surface area contributed by atoms with Crippen LogP contribution in [-0.2, 0) is 9.63 Å². The molecule has 168 valence electrons. The van der Waals surface area contributed by atoms with Gasteiger partial charge < -0.3 is 9.94 Å². The topological polar surface area (TPSA) is 58.9 Å². The van der Waals surface area contributed by atoms with Crippen molar-refractivity contribution in [2.45, 2.75) is 51.0 Å². The van der Waals surface area contributed by atoms with Crippen molar-refractivity contribution in [3.05, 3.63) is 83.9 Å². The van der Waals surface area contributed by atoms with Gasteiger partial charge in [-0.3, -0.25) is 4.79 Å². The molecule has 4 nitrogen and oxygen atoms in total. The van der Waals surface area contributed by atoms with Crippen molar-refractivity contribution in [1.29, 1.82) is 0 Å². The molecule has 4 heteroatoms. The van der Waals surface area contributed by atoms with E-state index in [4.69, 9.17) is 9.94 Å². The van der Waals surface area contributed by atoms with Crippen LogP contribution in [0.5, 0.6) is 0 Å². The summed E-state index contributed by atoms with van der Waals surface area (Å²) >= 11 is 0. The van der Waals surface area contributed by atoms with Gasteiger partial charge in [0.1, 0.15) is 0 Å². The molecule has 32 heavy (non-hydrogen) atoms. The molecule has 2 bridgehead atoms. The Balaban J connectivity index is 1.39. The molecule has 4 atom stereocenters. The first kappa shape index (κ1) is 22.3. The maximum absolute atomic E-state index is 10.6. The van der Waals surface area contributed by atoms with Gasteiger partial charge in [0.15, 0.2) is 6.10 Å². The zero-order valence-corrected chi connectivity index (χ0v) is 18.6. The lowest BCUT2D eigenvalue weighted by molar-refractivity contribution is -0.137. The van der Waals surface area contributed by atoms with Crippen LogP contribution in [0.25, 0.3) is 0 Å². The predicted molar refractivity (Wildman–Crippen MR) is 127 cm³/mol. The van der Waals surface area contributed by atoms with Crippen LogP contribution in [0.3, 0.4) is 0 Å². The number of aliphatic carboxylic acids is 1. The highest BCUT2D eigenvalue weighted by molar-refractivity contribution is 5.66. The second-order valence-corrected chi connectivity index (χ2v) is 9.13. The van der Waals surface area contributed by atoms with Gasteiger partial charge in [0.2, 0.25) is 0 Å². The van der Waals surface area contributed by atoms with Gasteiger partial charge in [0.25, 0.3) is 0 Å². The summed E-state index contributed by atoms with van der Waals surface area (Å²) in [6.45, 7) is 0. The molecule has 0 aromatic heterocycles. The third-order valence-corrected chi connectivity index (χ3v) is 7.10. The zero-order valence-electron chi connectivity index (χ0n) is 18.6. The van der Waals surface area contributed by atoms with Crippen LogP contribution in [-0.4, -0.2) is 17.3 Å². The molecule has 0 amide bonds. The van der Waals surface area contributed by atoms with Gasteiger partial charge in [-0.05, 0) is 67.4 Å². The van der Waals surface area contributed by atoms with Crippen molar-refractivity contribution >= 4 is 12.2 Å². The lowest BCUT2D eigenvalue weighted by Gasteiger charge is -2.27. The quantitative estimate of drug-likeness (QED) is 0.188. The lowest BCUT2D eigenvalue weighted by atomic mass is 9.78. The van der Waals surface area contributed by atoms with Crippen molar-refractivity contribution < 1.29 is 14.7 Å². The summed E-state index contributed by atoms with van der Waals surface area (Å²) in [5.41, 5.74) is 2.20. The molecule has 0 saturated heterocycles. The van der Waals surface area contributed by atoms with E-state index < -0.39 is 5.97 Å². The van der Waals surface area contributed by atoms with Crippen molar-refractivity contribution in [2.24, 2.45) is 28.8 Å². The SMILES string of the molecule is O=C(O)CCC/C=C\C[C@@H]1C(/C=N/OC(c2ccccc2)c2ccccc2)[C@@H]2CC[C@H]1C2. The van der Waals surface area contributed by atoms with Crippen molar-refractivity contribution in [3.63, 3.8) is 0 Å². The minimum absolute atomic E-state index is 0.208. The summed E-state index contributed by atoms with van der Waals surface area (Å²) in [6, 6.07) is 20.5. The molecule has 0 heterocycles. The average molecular weight is 432 g/mol. The summed E-state index contributed by atoms with van der Waals surface area (Å²) in [5.74, 6) is 1.85. The molecule has 2 fully saturated rings. The van der Waals surface area contributed by atoms with E-state index in [0.29, 0.717) is 24.2 Å². The van der Waals surface area contributed by atoms with Crippen molar-refractivity contribution in [2.75, 3.05) is 0 Å². The Kier molecular flexibility index (Phi) is 7.76. The van der Waals surface area contributed by atoms with Gasteiger partial charge in [-0.15, -0.1) is 0 Å². The number of allylic oxidation sites excluding steroid dienone is 2. The number of carboxylic acid groups (broad SMARTS) is 1. The third kappa shape index (κ3) is 5.67. The van der Waals surface area contributed by atoms with Crippen LogP contribution in [0, 0.1) is 23.7 Å². The first-order valence-corrected chi connectivity index (χ1v) is 11.9. The van der Waals surface area contributed by atoms with E-state index in [2.05, 4.69) is 47.8 Å². The number of hydrogen-bond donors (Lipinski definition) is 1. The monoisotopic (exact) mass is 431 g/mol. The number of nitrogens with zero attached hydrogens (tertiary/aromatic N) is 1. The number of hydrogen-bond acceptors (Lipinski definition) is 3. The molecule has 4 rings (SSSR count). The molecule has 2 aliphatic rings. The first-order valence-electron chi connectivity index (χ1n) is 11.9. The van der Waals surface area contributed by atoms with Gasteiger partial charge >= 0.3 is 5.97 Å². The Hall–Kier alpha value is -2.88. The Bertz CT molecular complexity index is 869. The molecule has 2 aromatic rings. The van der Waals surface area contributed by atoms with Crippen LogP contribution in [0.15, 0.2) is 78.0 Å². The van der Waals surface area contributed by atoms with Gasteiger partial charge in [0.05, 0.1) is 0 Å². The fraction of sp³-hybridized carbons (Fsp3) is 0.429. The highest BCUT2D eigenvalue weighted by Crippen LogP contribution is 2.53. The molecule has 0 spiro atoms. The minimum Gasteiger partial charge on any atom is -0.481 e. The van der Waals surface area contributed by atoms with Gasteiger partial charge in [-0.25, -0.2) is 0 Å². The summed E-state index contributed by atoms with van der Waals surface area (Å²) in [6.07, 6.45) is 13.0. The van der Waals surface area contributed by atoms with E-state index in [1.165, 1.54) is 19.3 Å². The summed E-state index contributed by atoms with van der Waals surface area (Å²) in [5, 5.41) is 13.3. The second kappa shape index (κ2) is 11.1. The molecular formula is C28H33NO3. The normalized spacial score (nSPS) is 24.7. The standard InChI is InChI=1S/C28H33NO3/c30-27(31)16-10-2-1-9-15-25-23-17-18-24(19-23)26(25)20-29-32-28(21-11-5-3-6-12-21)22-13-7-4-8-14-22/h1,3-9,11-14,20,23-26,28H,2,10,15-19H2,(H,30,31)/b9-1-,29-20+/t23-,24+,25-,26?/m0/s1. The average Bonchev–Trinajstić information content (AvgIpc) is 3.42. The van der Waals surface area contributed by atoms with E-state index >= 15 is 0 Å². The van der Waals surface area contributed by atoms with Gasteiger partial charge in [-0.2, -0.15) is 0 Å². The molecule has 0 aliphatic heterocycles. The van der Waals surface area contributed by atoms with Crippen LogP contribution in [0.4, 0.5) is 0 Å². The fourth-order valence-electron chi connectivity index (χ4n) is 5.52. The number of oxime groups is 1. The van der Waals surface area contributed by atoms with Crippen LogP contribution in [0.2, 0.25) is 0 Å². The molecule has 2 saturated carbocycles. The Morgan fingerprint density at radius 1 is 1.00 bits per heavy atom. The molecule has 2 aliphatic carbocycles. The number of benzene rings is 2. The summed E-state index contributed by atoms with van der Waals surface area (Å²) < 4.78 is 0. The highest BCUT2D eigenvalue weighted by Gasteiger charge is 2.46. The molecular weight excluding hydrogens is 398 g/mol. The number of rotatable bonds is 11. The van der Waals surface area contributed by atoms with Crippen LogP contribution >= 0.6 is 0 Å². The number of carbonyl (C=O) groups is 1. The number of unbranched alkanes of at least 4 members (excludes halogenated alkanes) is 1. The van der Waals surface area contributed by atoms with Crippen molar-refractivity contribution in [3.8, 4) is 0 Å². The Morgan fingerprint density at radius 2 is 1.66 bits per heavy atom. The molecule has 2 aromatic carbocycles. The minimum atomic E-state index is -0.716. The summed E-state index contributed by atoms with van der Waals surface area (Å²) in [4.78, 5) is 16.8. The van der Waals surface area contributed by atoms with E-state index in [0.717, 1.165) is 29.9 Å². The predicted octanol–water partition coefficient (Wildman–Crippen LogP) is 6.64. The fourth-order valence-corrected chi connectivity index (χ4v) is 5.52. The van der Waals surface area contributed by atoms with Crippen LogP contribution in [0.1, 0.15) is 62.2 Å². The van der Waals surface area contributed by atoms with E-state index in [9.17, 15) is 4.79 Å². The Morgan fingerprint density at radius 3 is 2.31 bits per heavy atom. The van der Waals surface area contributed by atoms with E-state index in [-0.39, 0.29) is 12.5 Å². The van der Waals surface area contributed by atoms with Crippen LogP contribution < -0.4 is 0 Å². The maximum atomic E-state index is 10.6. The number of fused-ring (bicyclic) bond motifs is 2. The van der Waals surface area contributed by atoms with Gasteiger partial charge in [-0.1, -0.05) is 78.0 Å². The largest absolute Gasteiger partial charge is 0.481 e. The maximum Gasteiger partial charge on any atom is 0.303 e. The molecule has 1 N–H and O–H groups in total. The summed E-state index contributed by atoms with van der Waals surface area (Å²) in [7, 11) is 0. The van der Waals surface area contributed by atoms with E-state index in [1.807, 2.05) is 36.4 Å². The number of carboxylic acids is 1. The van der Waals surface area contributed by atoms with Crippen molar-refractivity contribution in [1.82, 2.24) is 0 Å². The molecule has 0 radical (unpaired) electrons. The zero-order chi connectivity index (χ0) is 22.2. The third-order valence-electron chi connectivity index (χ3n) is 7.10. The lowest BCUT2D eigenvalue weighted by Crippen LogP contribution is -2.23. The van der Waals surface area contributed by atoms with Gasteiger partial charge in [0, 0.05) is 18.6 Å². The Labute approximate surface area is 191 Å². The second-order valence-electron chi connectivity index (χ2n) is 9.13. The highest BCUT2D eigenvalue weighted by atomic mass is 16.6. The first-order chi connectivity index (χ1) is 15.7. The smallest absolute Gasteiger partial charge is 0.303 e.